The van der Waals surface area contributed by atoms with Gasteiger partial charge in [-0.1, -0.05) is 29.8 Å². The van der Waals surface area contributed by atoms with Crippen LogP contribution < -0.4 is 0 Å². The topological polar surface area (TPSA) is 71.3 Å². The first-order valence-corrected chi connectivity index (χ1v) is 8.47. The molecule has 1 saturated heterocycles. The maximum absolute atomic E-state index is 12.4. The normalized spacial score (nSPS) is 14.9. The van der Waals surface area contributed by atoms with E-state index in [1.54, 1.807) is 15.8 Å². The van der Waals surface area contributed by atoms with Gasteiger partial charge in [0.05, 0.1) is 6.54 Å². The zero-order valence-electron chi connectivity index (χ0n) is 14.7. The fraction of sp³-hybridized carbons (Fsp3) is 0.444. The van der Waals surface area contributed by atoms with Gasteiger partial charge in [-0.25, -0.2) is 0 Å². The highest BCUT2D eigenvalue weighted by atomic mass is 16.2. The lowest BCUT2D eigenvalue weighted by atomic mass is 10.1. The number of aromatic nitrogens is 3. The van der Waals surface area contributed by atoms with E-state index in [0.29, 0.717) is 32.5 Å². The van der Waals surface area contributed by atoms with Crippen molar-refractivity contribution in [3.63, 3.8) is 0 Å². The Morgan fingerprint density at radius 1 is 1.20 bits per heavy atom. The van der Waals surface area contributed by atoms with Crippen molar-refractivity contribution in [2.75, 3.05) is 19.6 Å². The molecule has 0 saturated carbocycles. The summed E-state index contributed by atoms with van der Waals surface area (Å²) in [6, 6.07) is 8.18. The number of piperazine rings is 1. The number of amides is 2. The van der Waals surface area contributed by atoms with E-state index in [1.165, 1.54) is 5.56 Å². The highest BCUT2D eigenvalue weighted by molar-refractivity contribution is 5.86. The highest BCUT2D eigenvalue weighted by Gasteiger charge is 2.27. The predicted molar refractivity (Wildman–Crippen MR) is 92.5 cm³/mol. The minimum Gasteiger partial charge on any atom is -0.335 e. The largest absolute Gasteiger partial charge is 0.335 e. The monoisotopic (exact) mass is 341 g/mol. The van der Waals surface area contributed by atoms with Crippen LogP contribution in [0.2, 0.25) is 0 Å². The Bertz CT molecular complexity index is 753. The van der Waals surface area contributed by atoms with Crippen molar-refractivity contribution >= 4 is 11.8 Å². The van der Waals surface area contributed by atoms with E-state index in [0.717, 1.165) is 11.4 Å². The molecule has 0 atom stereocenters. The van der Waals surface area contributed by atoms with E-state index in [4.69, 9.17) is 0 Å². The summed E-state index contributed by atoms with van der Waals surface area (Å²) in [4.78, 5) is 28.2. The number of hydrogen-bond acceptors (Lipinski definition) is 4. The van der Waals surface area contributed by atoms with Crippen LogP contribution in [0.1, 0.15) is 23.4 Å². The molecule has 132 valence electrons. The smallest absolute Gasteiger partial charge is 0.242 e. The van der Waals surface area contributed by atoms with Crippen molar-refractivity contribution in [2.24, 2.45) is 7.05 Å². The number of carbonyl (C=O) groups excluding carboxylic acids is 2. The molecule has 1 aliphatic heterocycles. The number of benzene rings is 1. The van der Waals surface area contributed by atoms with E-state index in [-0.39, 0.29) is 18.4 Å². The average Bonchev–Trinajstić information content (AvgIpc) is 3.01. The lowest BCUT2D eigenvalue weighted by Crippen LogP contribution is -2.51. The molecule has 0 unspecified atom stereocenters. The van der Waals surface area contributed by atoms with Gasteiger partial charge in [-0.3, -0.25) is 9.59 Å². The number of nitrogens with zero attached hydrogens (tertiary/aromatic N) is 5. The first kappa shape index (κ1) is 17.1. The fourth-order valence-electron chi connectivity index (χ4n) is 2.91. The first-order valence-electron chi connectivity index (χ1n) is 8.47. The average molecular weight is 341 g/mol. The Labute approximate surface area is 147 Å². The molecule has 2 aromatic rings. The van der Waals surface area contributed by atoms with E-state index >= 15 is 0 Å². The molecule has 0 radical (unpaired) electrons. The Hall–Kier alpha value is -2.70. The zero-order chi connectivity index (χ0) is 17.8. The van der Waals surface area contributed by atoms with Gasteiger partial charge < -0.3 is 14.4 Å². The standard InChI is InChI=1S/C18H23N5O2/c1-14-3-5-15(6-4-14)11-22-9-10-23(12-18(22)25)17(24)8-7-16-20-19-13-21(16)2/h3-6,13H,7-12H2,1-2H3. The van der Waals surface area contributed by atoms with Crippen LogP contribution in [0.3, 0.4) is 0 Å². The van der Waals surface area contributed by atoms with Gasteiger partial charge >= 0.3 is 0 Å². The van der Waals surface area contributed by atoms with E-state index in [2.05, 4.69) is 10.2 Å². The Balaban J connectivity index is 1.50. The lowest BCUT2D eigenvalue weighted by molar-refractivity contribution is -0.145. The highest BCUT2D eigenvalue weighted by Crippen LogP contribution is 2.12. The summed E-state index contributed by atoms with van der Waals surface area (Å²) >= 11 is 0. The first-order chi connectivity index (χ1) is 12.0. The molecular weight excluding hydrogens is 318 g/mol. The molecule has 0 bridgehead atoms. The molecule has 1 aromatic heterocycles. The van der Waals surface area contributed by atoms with Crippen molar-refractivity contribution in [3.8, 4) is 0 Å². The van der Waals surface area contributed by atoms with Crippen LogP contribution in [0, 0.1) is 6.92 Å². The van der Waals surface area contributed by atoms with Gasteiger partial charge in [0.25, 0.3) is 0 Å². The molecule has 0 aliphatic carbocycles. The molecular formula is C18H23N5O2. The third-order valence-corrected chi connectivity index (χ3v) is 4.53. The molecule has 1 fully saturated rings. The summed E-state index contributed by atoms with van der Waals surface area (Å²) in [5.74, 6) is 0.767. The third kappa shape index (κ3) is 4.23. The van der Waals surface area contributed by atoms with Crippen molar-refractivity contribution in [2.45, 2.75) is 26.3 Å². The van der Waals surface area contributed by atoms with Crippen molar-refractivity contribution in [1.82, 2.24) is 24.6 Å². The molecule has 25 heavy (non-hydrogen) atoms. The zero-order valence-corrected chi connectivity index (χ0v) is 14.7. The summed E-state index contributed by atoms with van der Waals surface area (Å²) in [6.45, 7) is 3.95. The lowest BCUT2D eigenvalue weighted by Gasteiger charge is -2.34. The maximum Gasteiger partial charge on any atom is 0.242 e. The Morgan fingerprint density at radius 3 is 2.60 bits per heavy atom. The molecule has 3 rings (SSSR count). The van der Waals surface area contributed by atoms with Gasteiger partial charge in [0.2, 0.25) is 11.8 Å². The van der Waals surface area contributed by atoms with Crippen molar-refractivity contribution in [1.29, 1.82) is 0 Å². The minimum atomic E-state index is -0.00802. The predicted octanol–water partition coefficient (Wildman–Crippen LogP) is 0.927. The van der Waals surface area contributed by atoms with Gasteiger partial charge in [0, 0.05) is 39.5 Å². The summed E-state index contributed by atoms with van der Waals surface area (Å²) < 4.78 is 1.80. The number of carbonyl (C=O) groups is 2. The van der Waals surface area contributed by atoms with E-state index < -0.39 is 0 Å². The summed E-state index contributed by atoms with van der Waals surface area (Å²) in [5.41, 5.74) is 2.31. The van der Waals surface area contributed by atoms with Crippen LogP contribution in [0.4, 0.5) is 0 Å². The third-order valence-electron chi connectivity index (χ3n) is 4.53. The van der Waals surface area contributed by atoms with Crippen LogP contribution in [0.5, 0.6) is 0 Å². The molecule has 2 amide bonds. The molecule has 7 nitrogen and oxygen atoms in total. The van der Waals surface area contributed by atoms with Crippen LogP contribution in [0.25, 0.3) is 0 Å². The SMILES string of the molecule is Cc1ccc(CN2CCN(C(=O)CCc3nncn3C)CC2=O)cc1. The summed E-state index contributed by atoms with van der Waals surface area (Å²) in [5, 5.41) is 7.79. The van der Waals surface area contributed by atoms with E-state index in [1.807, 2.05) is 43.1 Å². The van der Waals surface area contributed by atoms with E-state index in [9.17, 15) is 9.59 Å². The summed E-state index contributed by atoms with van der Waals surface area (Å²) in [6.07, 6.45) is 2.50. The second kappa shape index (κ2) is 7.46. The fourth-order valence-corrected chi connectivity index (χ4v) is 2.91. The van der Waals surface area contributed by atoms with Crippen LogP contribution in [-0.2, 0) is 29.6 Å². The van der Waals surface area contributed by atoms with Crippen LogP contribution in [0.15, 0.2) is 30.6 Å². The second-order valence-electron chi connectivity index (χ2n) is 6.47. The number of aryl methyl sites for hydroxylation is 3. The van der Waals surface area contributed by atoms with Gasteiger partial charge in [-0.15, -0.1) is 10.2 Å². The molecule has 1 aromatic carbocycles. The molecule has 0 N–H and O–H groups in total. The maximum atomic E-state index is 12.4. The van der Waals surface area contributed by atoms with Gasteiger partial charge in [-0.05, 0) is 12.5 Å². The second-order valence-corrected chi connectivity index (χ2v) is 6.47. The van der Waals surface area contributed by atoms with Gasteiger partial charge in [0.15, 0.2) is 0 Å². The van der Waals surface area contributed by atoms with Gasteiger partial charge in [0.1, 0.15) is 12.2 Å². The quantitative estimate of drug-likeness (QED) is 0.811. The van der Waals surface area contributed by atoms with Crippen LogP contribution in [-0.4, -0.2) is 56.0 Å². The van der Waals surface area contributed by atoms with Crippen LogP contribution >= 0.6 is 0 Å². The summed E-state index contributed by atoms with van der Waals surface area (Å²) in [7, 11) is 1.85. The Kier molecular flexibility index (Phi) is 5.11. The molecule has 1 aliphatic rings. The Morgan fingerprint density at radius 2 is 1.96 bits per heavy atom. The van der Waals surface area contributed by atoms with Gasteiger partial charge in [-0.2, -0.15) is 0 Å². The van der Waals surface area contributed by atoms with Crippen molar-refractivity contribution in [3.05, 3.63) is 47.5 Å². The minimum absolute atomic E-state index is 0.00108. The molecule has 2 heterocycles. The molecule has 7 heteroatoms. The molecule has 0 spiro atoms. The number of rotatable bonds is 5. The van der Waals surface area contributed by atoms with Crippen molar-refractivity contribution < 1.29 is 9.59 Å². The number of hydrogen-bond donors (Lipinski definition) is 0.